The normalized spacial score (nSPS) is 11.9. The van der Waals surface area contributed by atoms with Crippen molar-refractivity contribution in [2.75, 3.05) is 0 Å². The van der Waals surface area contributed by atoms with Crippen molar-refractivity contribution in [1.82, 2.24) is 4.98 Å². The number of hydrogen-bond acceptors (Lipinski definition) is 2. The fourth-order valence-corrected chi connectivity index (χ4v) is 1.26. The molecule has 0 spiro atoms. The van der Waals surface area contributed by atoms with E-state index in [1.807, 2.05) is 0 Å². The standard InChI is InChI=1S/C9H5F6NO2/c10-7(11)6-3(2-5(17)18)1-4(9(13,14)15)16-8(6)12/h1,7H,2H2,(H,17,18). The van der Waals surface area contributed by atoms with E-state index in [4.69, 9.17) is 5.11 Å². The zero-order chi connectivity index (χ0) is 14.1. The molecule has 0 amide bonds. The van der Waals surface area contributed by atoms with E-state index < -0.39 is 47.8 Å². The zero-order valence-electron chi connectivity index (χ0n) is 8.43. The monoisotopic (exact) mass is 273 g/mol. The van der Waals surface area contributed by atoms with E-state index in [2.05, 4.69) is 4.98 Å². The number of aliphatic carboxylic acids is 1. The Balaban J connectivity index is 3.42. The lowest BCUT2D eigenvalue weighted by molar-refractivity contribution is -0.142. The van der Waals surface area contributed by atoms with E-state index in [0.29, 0.717) is 0 Å². The highest BCUT2D eigenvalue weighted by molar-refractivity contribution is 5.70. The summed E-state index contributed by atoms with van der Waals surface area (Å²) < 4.78 is 74.6. The number of nitrogens with zero attached hydrogens (tertiary/aromatic N) is 1. The van der Waals surface area contributed by atoms with Crippen molar-refractivity contribution in [2.24, 2.45) is 0 Å². The SMILES string of the molecule is O=C(O)Cc1cc(C(F)(F)F)nc(F)c1C(F)F. The average Bonchev–Trinajstić information content (AvgIpc) is 2.13. The van der Waals surface area contributed by atoms with Crippen molar-refractivity contribution in [2.45, 2.75) is 19.0 Å². The van der Waals surface area contributed by atoms with Gasteiger partial charge in [-0.2, -0.15) is 17.6 Å². The molecule has 0 aliphatic rings. The van der Waals surface area contributed by atoms with Crippen LogP contribution in [0.25, 0.3) is 0 Å². The maximum absolute atomic E-state index is 13.1. The third kappa shape index (κ3) is 3.11. The fourth-order valence-electron chi connectivity index (χ4n) is 1.26. The lowest BCUT2D eigenvalue weighted by Gasteiger charge is -2.12. The second kappa shape index (κ2) is 4.83. The van der Waals surface area contributed by atoms with Crippen LogP contribution < -0.4 is 0 Å². The first-order chi connectivity index (χ1) is 8.12. The van der Waals surface area contributed by atoms with Gasteiger partial charge in [-0.25, -0.2) is 13.8 Å². The summed E-state index contributed by atoms with van der Waals surface area (Å²) >= 11 is 0. The maximum Gasteiger partial charge on any atom is 0.433 e. The Morgan fingerprint density at radius 1 is 1.39 bits per heavy atom. The molecule has 9 heteroatoms. The molecule has 1 rings (SSSR count). The Morgan fingerprint density at radius 2 is 1.94 bits per heavy atom. The largest absolute Gasteiger partial charge is 0.481 e. The lowest BCUT2D eigenvalue weighted by Crippen LogP contribution is -2.15. The first-order valence-corrected chi connectivity index (χ1v) is 4.39. The number of carboxylic acid groups (broad SMARTS) is 1. The van der Waals surface area contributed by atoms with Gasteiger partial charge < -0.3 is 5.11 Å². The molecule has 0 saturated heterocycles. The van der Waals surface area contributed by atoms with E-state index in [9.17, 15) is 31.1 Å². The van der Waals surface area contributed by atoms with Gasteiger partial charge in [-0.15, -0.1) is 0 Å². The van der Waals surface area contributed by atoms with Gasteiger partial charge in [0.25, 0.3) is 6.43 Å². The summed E-state index contributed by atoms with van der Waals surface area (Å²) in [5.41, 5.74) is -4.12. The molecule has 100 valence electrons. The van der Waals surface area contributed by atoms with Crippen LogP contribution in [-0.4, -0.2) is 16.1 Å². The number of carbonyl (C=O) groups is 1. The smallest absolute Gasteiger partial charge is 0.433 e. The van der Waals surface area contributed by atoms with Crippen molar-refractivity contribution in [3.8, 4) is 0 Å². The minimum absolute atomic E-state index is 0.110. The molecule has 1 aromatic rings. The number of carboxylic acids is 1. The average molecular weight is 273 g/mol. The number of hydrogen-bond donors (Lipinski definition) is 1. The molecule has 0 unspecified atom stereocenters. The molecular weight excluding hydrogens is 268 g/mol. The van der Waals surface area contributed by atoms with Gasteiger partial charge in [0.15, 0.2) is 0 Å². The molecular formula is C9H5F6NO2. The molecule has 0 aromatic carbocycles. The maximum atomic E-state index is 13.1. The minimum Gasteiger partial charge on any atom is -0.481 e. The van der Waals surface area contributed by atoms with Crippen LogP contribution >= 0.6 is 0 Å². The third-order valence-corrected chi connectivity index (χ3v) is 1.95. The highest BCUT2D eigenvalue weighted by Gasteiger charge is 2.35. The van der Waals surface area contributed by atoms with Gasteiger partial charge in [0, 0.05) is 0 Å². The molecule has 1 aromatic heterocycles. The summed E-state index contributed by atoms with van der Waals surface area (Å²) in [6.45, 7) is 0. The number of halogens is 6. The molecule has 0 bridgehead atoms. The molecule has 3 nitrogen and oxygen atoms in total. The van der Waals surface area contributed by atoms with Crippen LogP contribution in [0.3, 0.4) is 0 Å². The topological polar surface area (TPSA) is 50.2 Å². The van der Waals surface area contributed by atoms with Crippen LogP contribution in [0.2, 0.25) is 0 Å². The van der Waals surface area contributed by atoms with Crippen molar-refractivity contribution in [3.63, 3.8) is 0 Å². The fraction of sp³-hybridized carbons (Fsp3) is 0.333. The Labute approximate surface area is 96.1 Å². The Hall–Kier alpha value is -1.80. The van der Waals surface area contributed by atoms with Crippen LogP contribution in [0.5, 0.6) is 0 Å². The molecule has 0 aliphatic heterocycles. The van der Waals surface area contributed by atoms with E-state index in [1.54, 1.807) is 0 Å². The van der Waals surface area contributed by atoms with E-state index in [1.165, 1.54) is 0 Å². The van der Waals surface area contributed by atoms with Gasteiger partial charge in [0.2, 0.25) is 5.95 Å². The Morgan fingerprint density at radius 3 is 2.33 bits per heavy atom. The number of rotatable bonds is 3. The van der Waals surface area contributed by atoms with Gasteiger partial charge in [-0.05, 0) is 11.6 Å². The molecule has 0 fully saturated rings. The lowest BCUT2D eigenvalue weighted by atomic mass is 10.1. The zero-order valence-corrected chi connectivity index (χ0v) is 8.43. The predicted octanol–water partition coefficient (Wildman–Crippen LogP) is 2.80. The molecule has 0 aliphatic carbocycles. The molecule has 1 heterocycles. The molecule has 0 atom stereocenters. The number of alkyl halides is 5. The second-order valence-electron chi connectivity index (χ2n) is 3.24. The second-order valence-corrected chi connectivity index (χ2v) is 3.24. The number of pyridine rings is 1. The Kier molecular flexibility index (Phi) is 3.82. The summed E-state index contributed by atoms with van der Waals surface area (Å²) in [7, 11) is 0. The van der Waals surface area contributed by atoms with Crippen molar-refractivity contribution < 1.29 is 36.2 Å². The number of aromatic nitrogens is 1. The van der Waals surface area contributed by atoms with Crippen LogP contribution in [0.1, 0.15) is 23.2 Å². The minimum atomic E-state index is -5.05. The van der Waals surface area contributed by atoms with Crippen LogP contribution in [0.4, 0.5) is 26.3 Å². The van der Waals surface area contributed by atoms with Gasteiger partial charge in [0.05, 0.1) is 12.0 Å². The third-order valence-electron chi connectivity index (χ3n) is 1.95. The summed E-state index contributed by atoms with van der Waals surface area (Å²) in [4.78, 5) is 12.7. The van der Waals surface area contributed by atoms with Gasteiger partial charge in [0.1, 0.15) is 5.69 Å². The van der Waals surface area contributed by atoms with E-state index >= 15 is 0 Å². The summed E-state index contributed by atoms with van der Waals surface area (Å²) in [5.74, 6) is -3.67. The first kappa shape index (κ1) is 14.3. The highest BCUT2D eigenvalue weighted by Crippen LogP contribution is 2.32. The van der Waals surface area contributed by atoms with E-state index in [-0.39, 0.29) is 6.07 Å². The van der Waals surface area contributed by atoms with Gasteiger partial charge in [-0.3, -0.25) is 4.79 Å². The van der Waals surface area contributed by atoms with Gasteiger partial charge in [-0.1, -0.05) is 0 Å². The Bertz CT molecular complexity index is 471. The van der Waals surface area contributed by atoms with Crippen molar-refractivity contribution in [3.05, 3.63) is 28.8 Å². The predicted molar refractivity (Wildman–Crippen MR) is 45.5 cm³/mol. The first-order valence-electron chi connectivity index (χ1n) is 4.39. The molecule has 0 saturated carbocycles. The van der Waals surface area contributed by atoms with Crippen LogP contribution in [-0.2, 0) is 17.4 Å². The highest BCUT2D eigenvalue weighted by atomic mass is 19.4. The molecule has 1 N–H and O–H groups in total. The van der Waals surface area contributed by atoms with Crippen LogP contribution in [0.15, 0.2) is 6.07 Å². The van der Waals surface area contributed by atoms with Crippen molar-refractivity contribution in [1.29, 1.82) is 0 Å². The molecule has 0 radical (unpaired) electrons. The van der Waals surface area contributed by atoms with E-state index in [0.717, 1.165) is 0 Å². The van der Waals surface area contributed by atoms with Crippen LogP contribution in [0, 0.1) is 5.95 Å². The summed E-state index contributed by atoms with van der Waals surface area (Å²) in [6.07, 6.45) is -9.65. The van der Waals surface area contributed by atoms with Gasteiger partial charge >= 0.3 is 12.1 Å². The summed E-state index contributed by atoms with van der Waals surface area (Å²) in [6, 6.07) is 0.110. The van der Waals surface area contributed by atoms with Crippen molar-refractivity contribution >= 4 is 5.97 Å². The summed E-state index contributed by atoms with van der Waals surface area (Å²) in [5, 5.41) is 8.39. The quantitative estimate of drug-likeness (QED) is 0.680. The molecule has 18 heavy (non-hydrogen) atoms.